The molecular formula is C27H28F3N3O5. The molecule has 1 atom stereocenters. The molecule has 2 aromatic carbocycles. The van der Waals surface area contributed by atoms with Gasteiger partial charge >= 0.3 is 12.1 Å². The molecule has 0 spiro atoms. The van der Waals surface area contributed by atoms with Gasteiger partial charge in [0.25, 0.3) is 0 Å². The third-order valence-corrected chi connectivity index (χ3v) is 6.57. The zero-order valence-electron chi connectivity index (χ0n) is 20.7. The number of carbonyl (C=O) groups excluding carboxylic acids is 1. The van der Waals surface area contributed by atoms with Gasteiger partial charge in [0, 0.05) is 12.7 Å². The summed E-state index contributed by atoms with van der Waals surface area (Å²) in [5.41, 5.74) is 3.98. The van der Waals surface area contributed by atoms with Crippen molar-refractivity contribution in [3.05, 3.63) is 83.2 Å². The lowest BCUT2D eigenvalue weighted by atomic mass is 9.94. The summed E-state index contributed by atoms with van der Waals surface area (Å²) in [5.74, 6) is -1.89. The fraction of sp³-hybridized carbons (Fsp3) is 0.370. The maximum atomic E-state index is 13.1. The molecule has 1 amide bonds. The van der Waals surface area contributed by atoms with Crippen molar-refractivity contribution in [3.8, 4) is 5.75 Å². The third-order valence-electron chi connectivity index (χ3n) is 6.57. The number of hydrogen-bond acceptors (Lipinski definition) is 5. The van der Waals surface area contributed by atoms with Crippen molar-refractivity contribution in [1.82, 2.24) is 15.1 Å². The van der Waals surface area contributed by atoms with Gasteiger partial charge in [-0.25, -0.2) is 4.79 Å². The van der Waals surface area contributed by atoms with Crippen LogP contribution in [0.1, 0.15) is 41.3 Å². The fourth-order valence-electron chi connectivity index (χ4n) is 4.37. The average Bonchev–Trinajstić information content (AvgIpc) is 3.61. The first-order valence-corrected chi connectivity index (χ1v) is 12.1. The molecule has 202 valence electrons. The predicted molar refractivity (Wildman–Crippen MR) is 131 cm³/mol. The number of amides is 1. The lowest BCUT2D eigenvalue weighted by Crippen LogP contribution is -2.38. The summed E-state index contributed by atoms with van der Waals surface area (Å²) in [6.07, 6.45) is -0.596. The van der Waals surface area contributed by atoms with Gasteiger partial charge in [-0.1, -0.05) is 42.5 Å². The Morgan fingerprint density at radius 2 is 1.82 bits per heavy atom. The molecule has 3 aromatic rings. The van der Waals surface area contributed by atoms with Crippen LogP contribution in [0.5, 0.6) is 5.75 Å². The number of aliphatic carboxylic acids is 1. The molecule has 5 rings (SSSR count). The number of alkyl halides is 3. The summed E-state index contributed by atoms with van der Waals surface area (Å²) >= 11 is 0. The fourth-order valence-corrected chi connectivity index (χ4v) is 4.37. The van der Waals surface area contributed by atoms with Gasteiger partial charge in [0.2, 0.25) is 5.91 Å². The van der Waals surface area contributed by atoms with E-state index in [1.165, 1.54) is 11.1 Å². The number of carboxylic acid groups (broad SMARTS) is 1. The number of fused-ring (bicyclic) bond motifs is 1. The predicted octanol–water partition coefficient (Wildman–Crippen LogP) is 4.04. The van der Waals surface area contributed by atoms with Crippen molar-refractivity contribution < 1.29 is 37.3 Å². The second-order valence-corrected chi connectivity index (χ2v) is 9.16. The molecule has 0 bridgehead atoms. The number of nitrogens with zero attached hydrogens (tertiary/aromatic N) is 2. The van der Waals surface area contributed by atoms with Gasteiger partial charge in [-0.3, -0.25) is 9.48 Å². The molecule has 2 N–H and O–H groups in total. The number of benzene rings is 2. The van der Waals surface area contributed by atoms with Crippen LogP contribution in [0.25, 0.3) is 0 Å². The number of aromatic nitrogens is 2. The topological polar surface area (TPSA) is 103 Å². The molecule has 2 aliphatic rings. The maximum absolute atomic E-state index is 13.1. The number of nitrogens with one attached hydrogen (secondary N) is 1. The van der Waals surface area contributed by atoms with E-state index in [0.717, 1.165) is 42.8 Å². The first-order valence-electron chi connectivity index (χ1n) is 12.1. The first-order chi connectivity index (χ1) is 18.1. The SMILES string of the molecule is COc1ccc(C2(C(=O)NCC3OCCc4cn(Cc5ccccc5)nc43)CC2)cc1.O=C(O)C(F)(F)F. The number of hydrogen-bond donors (Lipinski definition) is 2. The number of carboxylic acids is 1. The van der Waals surface area contributed by atoms with Crippen LogP contribution < -0.4 is 10.1 Å². The quantitative estimate of drug-likeness (QED) is 0.477. The number of methoxy groups -OCH3 is 1. The Labute approximate surface area is 217 Å². The molecule has 1 unspecified atom stereocenters. The average molecular weight is 532 g/mol. The molecule has 0 saturated heterocycles. The van der Waals surface area contributed by atoms with Crippen molar-refractivity contribution in [3.63, 3.8) is 0 Å². The molecule has 11 heteroatoms. The van der Waals surface area contributed by atoms with Crippen LogP contribution in [0.15, 0.2) is 60.8 Å². The summed E-state index contributed by atoms with van der Waals surface area (Å²) in [7, 11) is 1.65. The number of ether oxygens (including phenoxy) is 2. The number of rotatable bonds is 7. The Morgan fingerprint density at radius 1 is 1.16 bits per heavy atom. The van der Waals surface area contributed by atoms with Crippen LogP contribution in [-0.2, 0) is 32.7 Å². The minimum Gasteiger partial charge on any atom is -0.497 e. The van der Waals surface area contributed by atoms with E-state index in [9.17, 15) is 18.0 Å². The Bertz CT molecular complexity index is 1260. The van der Waals surface area contributed by atoms with Crippen molar-refractivity contribution in [2.24, 2.45) is 0 Å². The van der Waals surface area contributed by atoms with Crippen LogP contribution in [-0.4, -0.2) is 53.2 Å². The monoisotopic (exact) mass is 531 g/mol. The lowest BCUT2D eigenvalue weighted by Gasteiger charge is -2.24. The first kappa shape index (κ1) is 27.2. The minimum absolute atomic E-state index is 0.0668. The van der Waals surface area contributed by atoms with Crippen LogP contribution in [0.3, 0.4) is 0 Å². The summed E-state index contributed by atoms with van der Waals surface area (Å²) in [5, 5.41) is 15.0. The van der Waals surface area contributed by atoms with E-state index in [1.54, 1.807) is 7.11 Å². The van der Waals surface area contributed by atoms with Gasteiger partial charge in [0.1, 0.15) is 11.9 Å². The lowest BCUT2D eigenvalue weighted by molar-refractivity contribution is -0.192. The summed E-state index contributed by atoms with van der Waals surface area (Å²) in [4.78, 5) is 22.0. The molecule has 1 aromatic heterocycles. The Balaban J connectivity index is 0.000000426. The number of carbonyl (C=O) groups is 2. The van der Waals surface area contributed by atoms with Gasteiger partial charge in [0.05, 0.1) is 31.4 Å². The molecule has 1 fully saturated rings. The summed E-state index contributed by atoms with van der Waals surface area (Å²) in [6.45, 7) is 1.81. The maximum Gasteiger partial charge on any atom is 0.490 e. The van der Waals surface area contributed by atoms with E-state index in [2.05, 4.69) is 23.6 Å². The van der Waals surface area contributed by atoms with Gasteiger partial charge in [-0.15, -0.1) is 0 Å². The largest absolute Gasteiger partial charge is 0.497 e. The van der Waals surface area contributed by atoms with Crippen molar-refractivity contribution in [1.29, 1.82) is 0 Å². The van der Waals surface area contributed by atoms with E-state index in [4.69, 9.17) is 24.5 Å². The molecule has 38 heavy (non-hydrogen) atoms. The molecule has 0 radical (unpaired) electrons. The second kappa shape index (κ2) is 11.3. The zero-order valence-corrected chi connectivity index (χ0v) is 20.7. The highest BCUT2D eigenvalue weighted by Crippen LogP contribution is 2.48. The van der Waals surface area contributed by atoms with Crippen LogP contribution in [0.4, 0.5) is 13.2 Å². The third kappa shape index (κ3) is 6.34. The summed E-state index contributed by atoms with van der Waals surface area (Å²) in [6, 6.07) is 18.1. The molecule has 2 heterocycles. The molecule has 1 aliphatic heterocycles. The van der Waals surface area contributed by atoms with E-state index in [1.807, 2.05) is 47.1 Å². The highest BCUT2D eigenvalue weighted by molar-refractivity contribution is 5.91. The Kier molecular flexibility index (Phi) is 8.05. The number of halogens is 3. The van der Waals surface area contributed by atoms with Crippen molar-refractivity contribution in [2.45, 2.75) is 43.5 Å². The van der Waals surface area contributed by atoms with Crippen LogP contribution in [0.2, 0.25) is 0 Å². The van der Waals surface area contributed by atoms with E-state index in [-0.39, 0.29) is 12.0 Å². The second-order valence-electron chi connectivity index (χ2n) is 9.16. The van der Waals surface area contributed by atoms with Gasteiger partial charge < -0.3 is 19.9 Å². The van der Waals surface area contributed by atoms with E-state index >= 15 is 0 Å². The van der Waals surface area contributed by atoms with E-state index in [0.29, 0.717) is 13.2 Å². The van der Waals surface area contributed by atoms with Crippen molar-refractivity contribution in [2.75, 3.05) is 20.3 Å². The normalized spacial score (nSPS) is 17.4. The van der Waals surface area contributed by atoms with E-state index < -0.39 is 17.6 Å². The Morgan fingerprint density at radius 3 is 2.39 bits per heavy atom. The van der Waals surface area contributed by atoms with Crippen LogP contribution >= 0.6 is 0 Å². The van der Waals surface area contributed by atoms with Gasteiger partial charge in [-0.05, 0) is 48.1 Å². The van der Waals surface area contributed by atoms with Crippen LogP contribution in [0, 0.1) is 0 Å². The zero-order chi connectivity index (χ0) is 27.3. The Hall–Kier alpha value is -3.86. The highest BCUT2D eigenvalue weighted by atomic mass is 19.4. The van der Waals surface area contributed by atoms with Crippen molar-refractivity contribution >= 4 is 11.9 Å². The standard InChI is InChI=1S/C25H27N3O3.C2HF3O2/c1-30-21-9-7-20(8-10-21)25(12-13-25)24(29)26-15-22-23-19(11-14-31-22)17-28(27-23)16-18-5-3-2-4-6-18;3-2(4,5)1(6)7/h2-10,17,22H,11-16H2,1H3,(H,26,29);(H,6,7). The molecular weight excluding hydrogens is 503 g/mol. The molecule has 1 aliphatic carbocycles. The molecule has 1 saturated carbocycles. The highest BCUT2D eigenvalue weighted by Gasteiger charge is 2.51. The van der Waals surface area contributed by atoms with Gasteiger partial charge in [0.15, 0.2) is 0 Å². The molecule has 8 nitrogen and oxygen atoms in total. The van der Waals surface area contributed by atoms with Gasteiger partial charge in [-0.2, -0.15) is 18.3 Å². The summed E-state index contributed by atoms with van der Waals surface area (Å²) < 4.78 is 44.9. The minimum atomic E-state index is -5.08. The smallest absolute Gasteiger partial charge is 0.490 e.